The highest BCUT2D eigenvalue weighted by atomic mass is 79.9. The zero-order valence-electron chi connectivity index (χ0n) is 11.7. The van der Waals surface area contributed by atoms with E-state index in [0.717, 1.165) is 16.7 Å². The molecule has 0 aliphatic rings. The van der Waals surface area contributed by atoms with Gasteiger partial charge in [-0.1, -0.05) is 12.1 Å². The molecule has 2 N–H and O–H groups in total. The highest BCUT2D eigenvalue weighted by Crippen LogP contribution is 2.38. The maximum atomic E-state index is 11.2. The number of nitrogens with two attached hydrogens (primary N) is 1. The van der Waals surface area contributed by atoms with Gasteiger partial charge in [-0.2, -0.15) is 0 Å². The minimum absolute atomic E-state index is 0.0395. The molecule has 2 rings (SSSR count). The number of ether oxygens (including phenoxy) is 1. The molecule has 0 atom stereocenters. The van der Waals surface area contributed by atoms with E-state index in [1.54, 1.807) is 13.0 Å². The van der Waals surface area contributed by atoms with Crippen LogP contribution in [0.1, 0.15) is 16.7 Å². The molecule has 0 aliphatic heterocycles. The van der Waals surface area contributed by atoms with Gasteiger partial charge in [0, 0.05) is 12.6 Å². The van der Waals surface area contributed by atoms with Crippen LogP contribution in [0.5, 0.6) is 11.5 Å². The topological polar surface area (TPSA) is 78.4 Å². The van der Waals surface area contributed by atoms with Crippen molar-refractivity contribution < 1.29 is 9.66 Å². The van der Waals surface area contributed by atoms with Crippen LogP contribution in [-0.2, 0) is 6.54 Å². The van der Waals surface area contributed by atoms with Gasteiger partial charge in [0.2, 0.25) is 5.75 Å². The van der Waals surface area contributed by atoms with Crippen LogP contribution in [0, 0.1) is 24.0 Å². The summed E-state index contributed by atoms with van der Waals surface area (Å²) >= 11 is 3.40. The molecule has 0 unspecified atom stereocenters. The predicted molar refractivity (Wildman–Crippen MR) is 84.7 cm³/mol. The number of aryl methyl sites for hydroxylation is 2. The summed E-state index contributed by atoms with van der Waals surface area (Å²) < 4.78 is 6.47. The lowest BCUT2D eigenvalue weighted by Crippen LogP contribution is -1.99. The lowest BCUT2D eigenvalue weighted by molar-refractivity contribution is -0.385. The first-order valence-corrected chi connectivity index (χ1v) is 7.13. The summed E-state index contributed by atoms with van der Waals surface area (Å²) in [6, 6.07) is 8.77. The Morgan fingerprint density at radius 2 is 2.00 bits per heavy atom. The predicted octanol–water partition coefficient (Wildman–Crippen LogP) is 4.23. The van der Waals surface area contributed by atoms with Crippen LogP contribution in [0.25, 0.3) is 0 Å². The van der Waals surface area contributed by atoms with Crippen LogP contribution in [0.2, 0.25) is 0 Å². The van der Waals surface area contributed by atoms with Gasteiger partial charge in [-0.3, -0.25) is 10.1 Å². The van der Waals surface area contributed by atoms with Crippen LogP contribution in [0.3, 0.4) is 0 Å². The van der Waals surface area contributed by atoms with E-state index in [-0.39, 0.29) is 11.4 Å². The molecule has 21 heavy (non-hydrogen) atoms. The minimum Gasteiger partial charge on any atom is -0.449 e. The number of rotatable bonds is 4. The van der Waals surface area contributed by atoms with Crippen molar-refractivity contribution in [2.75, 3.05) is 0 Å². The van der Waals surface area contributed by atoms with Crippen molar-refractivity contribution in [2.24, 2.45) is 5.73 Å². The summed E-state index contributed by atoms with van der Waals surface area (Å²) in [6.45, 7) is 4.02. The molecule has 0 saturated carbocycles. The van der Waals surface area contributed by atoms with Gasteiger partial charge in [-0.05, 0) is 58.6 Å². The summed E-state index contributed by atoms with van der Waals surface area (Å²) in [5, 5.41) is 11.2. The Bertz CT molecular complexity index is 702. The lowest BCUT2D eigenvalue weighted by atomic mass is 10.1. The molecule has 0 fully saturated rings. The second-order valence-corrected chi connectivity index (χ2v) is 5.61. The quantitative estimate of drug-likeness (QED) is 0.661. The second-order valence-electron chi connectivity index (χ2n) is 4.76. The molecule has 0 spiro atoms. The largest absolute Gasteiger partial charge is 0.449 e. The Morgan fingerprint density at radius 3 is 2.57 bits per heavy atom. The number of hydrogen-bond donors (Lipinski definition) is 1. The molecule has 0 heterocycles. The third kappa shape index (κ3) is 3.40. The van der Waals surface area contributed by atoms with Gasteiger partial charge >= 0.3 is 5.69 Å². The molecule has 0 bridgehead atoms. The molecule has 0 amide bonds. The number of halogens is 1. The zero-order chi connectivity index (χ0) is 15.6. The van der Waals surface area contributed by atoms with Crippen LogP contribution < -0.4 is 10.5 Å². The Kier molecular flexibility index (Phi) is 4.59. The average Bonchev–Trinajstić information content (AvgIpc) is 2.42. The smallest absolute Gasteiger partial charge is 0.312 e. The van der Waals surface area contributed by atoms with Gasteiger partial charge in [0.25, 0.3) is 0 Å². The van der Waals surface area contributed by atoms with E-state index in [1.165, 1.54) is 6.07 Å². The summed E-state index contributed by atoms with van der Waals surface area (Å²) in [6.07, 6.45) is 0. The van der Waals surface area contributed by atoms with Crippen molar-refractivity contribution in [1.82, 2.24) is 0 Å². The summed E-state index contributed by atoms with van der Waals surface area (Å²) in [5.74, 6) is 0.772. The van der Waals surface area contributed by atoms with Crippen molar-refractivity contribution in [1.29, 1.82) is 0 Å². The van der Waals surface area contributed by atoms with Crippen molar-refractivity contribution in [3.63, 3.8) is 0 Å². The first-order chi connectivity index (χ1) is 9.92. The normalized spacial score (nSPS) is 10.5. The van der Waals surface area contributed by atoms with Gasteiger partial charge in [-0.15, -0.1) is 0 Å². The Hall–Kier alpha value is -1.92. The molecule has 0 saturated heterocycles. The van der Waals surface area contributed by atoms with Gasteiger partial charge in [0.1, 0.15) is 5.75 Å². The minimum atomic E-state index is -0.433. The maximum absolute atomic E-state index is 11.2. The number of hydrogen-bond acceptors (Lipinski definition) is 4. The standard InChI is InChI=1S/C15H15BrN2O3/c1-9-5-10(2)15(13(6-9)18(19)20)21-14-4-3-11(8-17)7-12(14)16/h3-7H,8,17H2,1-2H3. The van der Waals surface area contributed by atoms with E-state index in [1.807, 2.05) is 25.1 Å². The highest BCUT2D eigenvalue weighted by Gasteiger charge is 2.20. The number of benzene rings is 2. The Balaban J connectivity index is 2.46. The highest BCUT2D eigenvalue weighted by molar-refractivity contribution is 9.10. The molecule has 2 aromatic rings. The van der Waals surface area contributed by atoms with Crippen molar-refractivity contribution in [3.8, 4) is 11.5 Å². The molecule has 5 nitrogen and oxygen atoms in total. The summed E-state index contributed by atoms with van der Waals surface area (Å²) in [5.41, 5.74) is 8.03. The fourth-order valence-corrected chi connectivity index (χ4v) is 2.57. The molecular weight excluding hydrogens is 336 g/mol. The molecule has 6 heteroatoms. The maximum Gasteiger partial charge on any atom is 0.312 e. The molecule has 110 valence electrons. The number of nitro benzene ring substituents is 1. The lowest BCUT2D eigenvalue weighted by Gasteiger charge is -2.12. The first-order valence-electron chi connectivity index (χ1n) is 6.34. The first kappa shape index (κ1) is 15.5. The van der Waals surface area contributed by atoms with E-state index in [4.69, 9.17) is 10.5 Å². The molecule has 0 aliphatic carbocycles. The van der Waals surface area contributed by atoms with E-state index < -0.39 is 4.92 Å². The molecule has 2 aromatic carbocycles. The van der Waals surface area contributed by atoms with Crippen molar-refractivity contribution in [3.05, 3.63) is 61.6 Å². The monoisotopic (exact) mass is 350 g/mol. The van der Waals surface area contributed by atoms with Gasteiger partial charge in [0.15, 0.2) is 0 Å². The zero-order valence-corrected chi connectivity index (χ0v) is 13.3. The Labute approximate surface area is 131 Å². The Morgan fingerprint density at radius 1 is 1.29 bits per heavy atom. The van der Waals surface area contributed by atoms with Crippen LogP contribution in [0.4, 0.5) is 5.69 Å². The van der Waals surface area contributed by atoms with E-state index in [2.05, 4.69) is 15.9 Å². The van der Waals surface area contributed by atoms with E-state index in [9.17, 15) is 10.1 Å². The fraction of sp³-hybridized carbons (Fsp3) is 0.200. The van der Waals surface area contributed by atoms with Crippen molar-refractivity contribution in [2.45, 2.75) is 20.4 Å². The van der Waals surface area contributed by atoms with E-state index in [0.29, 0.717) is 16.8 Å². The third-order valence-electron chi connectivity index (χ3n) is 3.04. The van der Waals surface area contributed by atoms with Gasteiger partial charge < -0.3 is 10.5 Å². The van der Waals surface area contributed by atoms with Crippen LogP contribution >= 0.6 is 15.9 Å². The molecule has 0 radical (unpaired) electrons. The molecular formula is C15H15BrN2O3. The van der Waals surface area contributed by atoms with Gasteiger partial charge in [-0.25, -0.2) is 0 Å². The summed E-state index contributed by atoms with van der Waals surface area (Å²) in [4.78, 5) is 10.8. The second kappa shape index (κ2) is 6.24. The van der Waals surface area contributed by atoms with Crippen molar-refractivity contribution >= 4 is 21.6 Å². The van der Waals surface area contributed by atoms with Crippen LogP contribution in [0.15, 0.2) is 34.8 Å². The van der Waals surface area contributed by atoms with Gasteiger partial charge in [0.05, 0.1) is 9.40 Å². The number of nitrogens with zero attached hydrogens (tertiary/aromatic N) is 1. The molecule has 0 aromatic heterocycles. The summed E-state index contributed by atoms with van der Waals surface area (Å²) in [7, 11) is 0. The number of nitro groups is 1. The van der Waals surface area contributed by atoms with E-state index >= 15 is 0 Å². The van der Waals surface area contributed by atoms with Crippen LogP contribution in [-0.4, -0.2) is 4.92 Å². The fourth-order valence-electron chi connectivity index (χ4n) is 2.06. The SMILES string of the molecule is Cc1cc(C)c(Oc2ccc(CN)cc2Br)c([N+](=O)[O-])c1. The average molecular weight is 351 g/mol. The third-order valence-corrected chi connectivity index (χ3v) is 3.66.